The van der Waals surface area contributed by atoms with Crippen LogP contribution in [0.15, 0.2) is 40.8 Å². The first-order valence-electron chi connectivity index (χ1n) is 6.60. The van der Waals surface area contributed by atoms with Crippen LogP contribution in [0.25, 0.3) is 0 Å². The van der Waals surface area contributed by atoms with Crippen molar-refractivity contribution in [2.45, 2.75) is 26.4 Å². The second-order valence-corrected chi connectivity index (χ2v) is 5.23. The SMILES string of the molecule is Cc1ccc(C(N)CN(C)Cc2ccc(C)o2)cc1. The molecule has 0 saturated heterocycles. The molecule has 19 heavy (non-hydrogen) atoms. The molecule has 102 valence electrons. The number of hydrogen-bond donors (Lipinski definition) is 1. The summed E-state index contributed by atoms with van der Waals surface area (Å²) in [5, 5.41) is 0. The van der Waals surface area contributed by atoms with Gasteiger partial charge in [0, 0.05) is 12.6 Å². The second kappa shape index (κ2) is 6.04. The third-order valence-corrected chi connectivity index (χ3v) is 3.24. The van der Waals surface area contributed by atoms with E-state index in [1.165, 1.54) is 11.1 Å². The standard InChI is InChI=1S/C16H22N2O/c1-12-4-7-14(8-5-12)16(17)11-18(3)10-15-9-6-13(2)19-15/h4-9,16H,10-11,17H2,1-3H3. The maximum Gasteiger partial charge on any atom is 0.118 e. The van der Waals surface area contributed by atoms with E-state index in [4.69, 9.17) is 10.2 Å². The van der Waals surface area contributed by atoms with Crippen molar-refractivity contribution in [3.8, 4) is 0 Å². The lowest BCUT2D eigenvalue weighted by Gasteiger charge is -2.20. The lowest BCUT2D eigenvalue weighted by Crippen LogP contribution is -2.28. The van der Waals surface area contributed by atoms with Crippen LogP contribution in [0.4, 0.5) is 0 Å². The number of rotatable bonds is 5. The minimum absolute atomic E-state index is 0.0293. The molecule has 0 spiro atoms. The van der Waals surface area contributed by atoms with E-state index in [9.17, 15) is 0 Å². The predicted molar refractivity (Wildman–Crippen MR) is 77.9 cm³/mol. The van der Waals surface area contributed by atoms with E-state index in [0.717, 1.165) is 24.6 Å². The Bertz CT molecular complexity index is 516. The van der Waals surface area contributed by atoms with Gasteiger partial charge in [-0.15, -0.1) is 0 Å². The zero-order chi connectivity index (χ0) is 13.8. The molecule has 1 atom stereocenters. The summed E-state index contributed by atoms with van der Waals surface area (Å²) in [4.78, 5) is 2.18. The molecule has 0 aliphatic heterocycles. The minimum atomic E-state index is 0.0293. The van der Waals surface area contributed by atoms with E-state index < -0.39 is 0 Å². The fraction of sp³-hybridized carbons (Fsp3) is 0.375. The Labute approximate surface area is 115 Å². The molecule has 0 bridgehead atoms. The molecular formula is C16H22N2O. The van der Waals surface area contributed by atoms with Crippen molar-refractivity contribution in [1.82, 2.24) is 4.90 Å². The number of benzene rings is 1. The Morgan fingerprint density at radius 3 is 2.37 bits per heavy atom. The van der Waals surface area contributed by atoms with Gasteiger partial charge < -0.3 is 10.2 Å². The average molecular weight is 258 g/mol. The molecule has 1 aromatic carbocycles. The molecule has 3 heteroatoms. The number of furan rings is 1. The smallest absolute Gasteiger partial charge is 0.118 e. The zero-order valence-corrected chi connectivity index (χ0v) is 11.9. The minimum Gasteiger partial charge on any atom is -0.465 e. The Morgan fingerprint density at radius 2 is 1.79 bits per heavy atom. The van der Waals surface area contributed by atoms with Gasteiger partial charge in [-0.3, -0.25) is 4.90 Å². The molecule has 0 radical (unpaired) electrons. The summed E-state index contributed by atoms with van der Waals surface area (Å²) in [5.41, 5.74) is 8.67. The zero-order valence-electron chi connectivity index (χ0n) is 11.9. The van der Waals surface area contributed by atoms with E-state index in [0.29, 0.717) is 0 Å². The van der Waals surface area contributed by atoms with Gasteiger partial charge in [0.25, 0.3) is 0 Å². The number of hydrogen-bond acceptors (Lipinski definition) is 3. The summed E-state index contributed by atoms with van der Waals surface area (Å²) in [6.07, 6.45) is 0. The molecule has 1 aromatic heterocycles. The molecule has 2 aromatic rings. The normalized spacial score (nSPS) is 12.9. The Morgan fingerprint density at radius 1 is 1.11 bits per heavy atom. The molecule has 0 amide bonds. The van der Waals surface area contributed by atoms with Gasteiger partial charge in [-0.2, -0.15) is 0 Å². The molecule has 2 rings (SSSR count). The molecule has 3 nitrogen and oxygen atoms in total. The molecule has 0 fully saturated rings. The molecular weight excluding hydrogens is 236 g/mol. The highest BCUT2D eigenvalue weighted by molar-refractivity contribution is 5.24. The van der Waals surface area contributed by atoms with Gasteiger partial charge in [0.05, 0.1) is 6.54 Å². The topological polar surface area (TPSA) is 42.4 Å². The average Bonchev–Trinajstić information content (AvgIpc) is 2.75. The van der Waals surface area contributed by atoms with E-state index in [2.05, 4.69) is 43.1 Å². The maximum absolute atomic E-state index is 6.23. The second-order valence-electron chi connectivity index (χ2n) is 5.23. The first kappa shape index (κ1) is 13.8. The Kier molecular flexibility index (Phi) is 4.40. The summed E-state index contributed by atoms with van der Waals surface area (Å²) < 4.78 is 5.57. The summed E-state index contributed by atoms with van der Waals surface area (Å²) in [5.74, 6) is 1.93. The molecule has 0 aliphatic rings. The van der Waals surface area contributed by atoms with Crippen LogP contribution in [-0.2, 0) is 6.54 Å². The molecule has 2 N–H and O–H groups in total. The molecule has 1 unspecified atom stereocenters. The van der Waals surface area contributed by atoms with Gasteiger partial charge in [-0.05, 0) is 38.6 Å². The van der Waals surface area contributed by atoms with Crippen molar-refractivity contribution >= 4 is 0 Å². The summed E-state index contributed by atoms with van der Waals surface area (Å²) in [7, 11) is 2.06. The fourth-order valence-electron chi connectivity index (χ4n) is 2.16. The van der Waals surface area contributed by atoms with Gasteiger partial charge in [0.15, 0.2) is 0 Å². The van der Waals surface area contributed by atoms with Gasteiger partial charge in [0.1, 0.15) is 11.5 Å². The van der Waals surface area contributed by atoms with Crippen molar-refractivity contribution in [3.05, 3.63) is 59.0 Å². The van der Waals surface area contributed by atoms with Crippen molar-refractivity contribution in [2.75, 3.05) is 13.6 Å². The van der Waals surface area contributed by atoms with Gasteiger partial charge >= 0.3 is 0 Å². The van der Waals surface area contributed by atoms with Crippen molar-refractivity contribution in [1.29, 1.82) is 0 Å². The summed E-state index contributed by atoms with van der Waals surface area (Å²) in [6, 6.07) is 12.4. The molecule has 1 heterocycles. The van der Waals surface area contributed by atoms with Crippen LogP contribution >= 0.6 is 0 Å². The Hall–Kier alpha value is -1.58. The number of likely N-dealkylation sites (N-methyl/N-ethyl adjacent to an activating group) is 1. The van der Waals surface area contributed by atoms with Crippen LogP contribution in [0.5, 0.6) is 0 Å². The third-order valence-electron chi connectivity index (χ3n) is 3.24. The molecule has 0 saturated carbocycles. The highest BCUT2D eigenvalue weighted by atomic mass is 16.3. The maximum atomic E-state index is 6.23. The number of nitrogens with two attached hydrogens (primary N) is 1. The number of aryl methyl sites for hydroxylation is 2. The lowest BCUT2D eigenvalue weighted by atomic mass is 10.1. The van der Waals surface area contributed by atoms with Gasteiger partial charge in [-0.25, -0.2) is 0 Å². The van der Waals surface area contributed by atoms with E-state index >= 15 is 0 Å². The van der Waals surface area contributed by atoms with E-state index in [1.54, 1.807) is 0 Å². The quantitative estimate of drug-likeness (QED) is 0.896. The van der Waals surface area contributed by atoms with Crippen molar-refractivity contribution in [3.63, 3.8) is 0 Å². The predicted octanol–water partition coefficient (Wildman–Crippen LogP) is 3.03. The first-order valence-corrected chi connectivity index (χ1v) is 6.60. The van der Waals surface area contributed by atoms with Crippen LogP contribution in [0.1, 0.15) is 28.7 Å². The van der Waals surface area contributed by atoms with Crippen LogP contribution in [0, 0.1) is 13.8 Å². The third kappa shape index (κ3) is 3.94. The van der Waals surface area contributed by atoms with E-state index in [-0.39, 0.29) is 6.04 Å². The first-order chi connectivity index (χ1) is 9.04. The van der Waals surface area contributed by atoms with Gasteiger partial charge in [-0.1, -0.05) is 29.8 Å². The van der Waals surface area contributed by atoms with Crippen LogP contribution in [0.3, 0.4) is 0 Å². The van der Waals surface area contributed by atoms with Crippen molar-refractivity contribution < 1.29 is 4.42 Å². The Balaban J connectivity index is 1.91. The largest absolute Gasteiger partial charge is 0.465 e. The lowest BCUT2D eigenvalue weighted by molar-refractivity contribution is 0.276. The fourth-order valence-corrected chi connectivity index (χ4v) is 2.16. The van der Waals surface area contributed by atoms with Crippen LogP contribution in [-0.4, -0.2) is 18.5 Å². The van der Waals surface area contributed by atoms with E-state index in [1.807, 2.05) is 19.1 Å². The number of nitrogens with zero attached hydrogens (tertiary/aromatic N) is 1. The summed E-state index contributed by atoms with van der Waals surface area (Å²) in [6.45, 7) is 5.64. The van der Waals surface area contributed by atoms with Crippen molar-refractivity contribution in [2.24, 2.45) is 5.73 Å². The molecule has 0 aliphatic carbocycles. The summed E-state index contributed by atoms with van der Waals surface area (Å²) >= 11 is 0. The van der Waals surface area contributed by atoms with Crippen LogP contribution in [0.2, 0.25) is 0 Å². The highest BCUT2D eigenvalue weighted by Crippen LogP contribution is 2.14. The highest BCUT2D eigenvalue weighted by Gasteiger charge is 2.10. The van der Waals surface area contributed by atoms with Crippen LogP contribution < -0.4 is 5.73 Å². The monoisotopic (exact) mass is 258 g/mol. The van der Waals surface area contributed by atoms with Gasteiger partial charge in [0.2, 0.25) is 0 Å².